The second-order valence-electron chi connectivity index (χ2n) is 8.76. The first-order valence-electron chi connectivity index (χ1n) is 11.6. The first kappa shape index (κ1) is 25.4. The summed E-state index contributed by atoms with van der Waals surface area (Å²) in [6.07, 6.45) is 6.22. The lowest BCUT2D eigenvalue weighted by atomic mass is 9.98. The van der Waals surface area contributed by atoms with E-state index in [4.69, 9.17) is 4.74 Å². The summed E-state index contributed by atoms with van der Waals surface area (Å²) in [4.78, 5) is 17.1. The smallest absolute Gasteiger partial charge is 0.333 e. The van der Waals surface area contributed by atoms with E-state index in [0.717, 1.165) is 36.0 Å². The Balaban J connectivity index is 1.61. The molecular formula is C25H29N5O5S. The van der Waals surface area contributed by atoms with Gasteiger partial charge in [-0.3, -0.25) is 4.68 Å². The van der Waals surface area contributed by atoms with Gasteiger partial charge in [0.1, 0.15) is 12.7 Å². The van der Waals surface area contributed by atoms with Gasteiger partial charge in [-0.25, -0.2) is 14.5 Å². The third-order valence-electron chi connectivity index (χ3n) is 5.86. The van der Waals surface area contributed by atoms with Gasteiger partial charge in [0.2, 0.25) is 5.88 Å². The largest absolute Gasteiger partial charge is 0.475 e. The van der Waals surface area contributed by atoms with E-state index in [9.17, 15) is 18.3 Å². The molecule has 0 aliphatic heterocycles. The van der Waals surface area contributed by atoms with Crippen LogP contribution in [0, 0.1) is 0 Å². The Bertz CT molecular complexity index is 1380. The molecule has 1 atom stereocenters. The molecule has 1 aliphatic carbocycles. The van der Waals surface area contributed by atoms with Gasteiger partial charge in [-0.2, -0.15) is 13.5 Å². The van der Waals surface area contributed by atoms with Crippen molar-refractivity contribution in [1.29, 1.82) is 0 Å². The van der Waals surface area contributed by atoms with E-state index < -0.39 is 22.2 Å². The van der Waals surface area contributed by atoms with E-state index in [1.165, 1.54) is 16.8 Å². The molecule has 190 valence electrons. The Morgan fingerprint density at radius 3 is 2.81 bits per heavy atom. The van der Waals surface area contributed by atoms with Crippen LogP contribution in [0.15, 0.2) is 60.4 Å². The van der Waals surface area contributed by atoms with Crippen LogP contribution in [0.4, 0.5) is 10.5 Å². The molecule has 10 nitrogen and oxygen atoms in total. The van der Waals surface area contributed by atoms with Crippen molar-refractivity contribution in [2.45, 2.75) is 50.3 Å². The molecule has 1 unspecified atom stereocenters. The number of carbonyl (C=O) groups excluding carboxylic acids is 1. The predicted molar refractivity (Wildman–Crippen MR) is 135 cm³/mol. The topological polar surface area (TPSA) is 135 Å². The minimum Gasteiger partial charge on any atom is -0.475 e. The zero-order valence-corrected chi connectivity index (χ0v) is 21.0. The normalized spacial score (nSPS) is 13.8. The number of anilines is 1. The molecule has 2 aromatic heterocycles. The zero-order valence-electron chi connectivity index (χ0n) is 20.1. The summed E-state index contributed by atoms with van der Waals surface area (Å²) >= 11 is 0. The Labute approximate surface area is 210 Å². The third kappa shape index (κ3) is 5.58. The second-order valence-corrected chi connectivity index (χ2v) is 10.4. The number of aliphatic hydroxyl groups is 1. The van der Waals surface area contributed by atoms with Crippen LogP contribution in [0.3, 0.4) is 0 Å². The number of fused-ring (bicyclic) bond motifs is 1. The molecule has 0 saturated carbocycles. The number of nitrogens with one attached hydrogen (secondary N) is 2. The van der Waals surface area contributed by atoms with E-state index in [2.05, 4.69) is 26.7 Å². The molecule has 0 saturated heterocycles. The number of sulfonamides is 1. The minimum absolute atomic E-state index is 0.00207. The standard InChI is InChI=1S/C25H29N5O5S/c1-4-19(31)15-35-22-14-18(10-12-26-22)21-9-8-17-6-5-7-20(17)24(21)27-25(32)29-36(33,34)23-11-13-30(28-23)16(2)3/h4,8-14,16,19,31H,1,5-7,15H2,2-3H3,(H2,27,29,32). The summed E-state index contributed by atoms with van der Waals surface area (Å²) in [7, 11) is -4.16. The molecule has 0 bridgehead atoms. The second kappa shape index (κ2) is 10.5. The Kier molecular flexibility index (Phi) is 7.41. The van der Waals surface area contributed by atoms with Gasteiger partial charge < -0.3 is 15.2 Å². The Morgan fingerprint density at radius 2 is 2.08 bits per heavy atom. The SMILES string of the molecule is C=CC(O)COc1cc(-c2ccc3c(c2NC(=O)NS(=O)(=O)c2ccn(C(C)C)n2)CCC3)ccn1. The molecule has 4 rings (SSSR count). The Hall–Kier alpha value is -3.70. The minimum atomic E-state index is -4.16. The predicted octanol–water partition coefficient (Wildman–Crippen LogP) is 3.45. The van der Waals surface area contributed by atoms with Crippen molar-refractivity contribution in [1.82, 2.24) is 19.5 Å². The maximum absolute atomic E-state index is 12.9. The van der Waals surface area contributed by atoms with Crippen molar-refractivity contribution >= 4 is 21.7 Å². The summed E-state index contributed by atoms with van der Waals surface area (Å²) in [5, 5.41) is 16.3. The number of aryl methyl sites for hydroxylation is 1. The van der Waals surface area contributed by atoms with Crippen LogP contribution in [0.2, 0.25) is 0 Å². The van der Waals surface area contributed by atoms with Crippen molar-refractivity contribution in [3.05, 3.63) is 66.5 Å². The molecule has 0 radical (unpaired) electrons. The van der Waals surface area contributed by atoms with Crippen molar-refractivity contribution < 1.29 is 23.1 Å². The average Bonchev–Trinajstić information content (AvgIpc) is 3.53. The number of nitrogens with zero attached hydrogens (tertiary/aromatic N) is 3. The van der Waals surface area contributed by atoms with Gasteiger partial charge >= 0.3 is 6.03 Å². The molecule has 2 amide bonds. The summed E-state index contributed by atoms with van der Waals surface area (Å²) in [6, 6.07) is 7.82. The first-order valence-corrected chi connectivity index (χ1v) is 13.1. The van der Waals surface area contributed by atoms with E-state index in [0.29, 0.717) is 17.1 Å². The van der Waals surface area contributed by atoms with Gasteiger partial charge in [0, 0.05) is 30.1 Å². The van der Waals surface area contributed by atoms with Crippen LogP contribution in [0.5, 0.6) is 5.88 Å². The number of carbonyl (C=O) groups is 1. The monoisotopic (exact) mass is 511 g/mol. The maximum atomic E-state index is 12.9. The van der Waals surface area contributed by atoms with Gasteiger partial charge in [0.05, 0.1) is 5.69 Å². The highest BCUT2D eigenvalue weighted by Crippen LogP contribution is 2.38. The van der Waals surface area contributed by atoms with Gasteiger partial charge in [-0.05, 0) is 61.9 Å². The lowest BCUT2D eigenvalue weighted by Crippen LogP contribution is -2.35. The van der Waals surface area contributed by atoms with Crippen LogP contribution < -0.4 is 14.8 Å². The number of ether oxygens (including phenoxy) is 1. The maximum Gasteiger partial charge on any atom is 0.333 e. The Morgan fingerprint density at radius 1 is 1.28 bits per heavy atom. The summed E-state index contributed by atoms with van der Waals surface area (Å²) in [5.74, 6) is 0.299. The van der Waals surface area contributed by atoms with Crippen molar-refractivity contribution in [3.63, 3.8) is 0 Å². The van der Waals surface area contributed by atoms with Gasteiger partial charge in [-0.15, -0.1) is 6.58 Å². The molecular weight excluding hydrogens is 482 g/mol. The molecule has 2 heterocycles. The van der Waals surface area contributed by atoms with Crippen LogP contribution >= 0.6 is 0 Å². The number of benzene rings is 1. The number of aromatic nitrogens is 3. The van der Waals surface area contributed by atoms with E-state index in [1.54, 1.807) is 24.5 Å². The number of hydrogen-bond acceptors (Lipinski definition) is 7. The molecule has 11 heteroatoms. The highest BCUT2D eigenvalue weighted by Gasteiger charge is 2.25. The van der Waals surface area contributed by atoms with Gasteiger partial charge in [0.15, 0.2) is 5.03 Å². The van der Waals surface area contributed by atoms with Crippen LogP contribution in [-0.2, 0) is 22.9 Å². The lowest BCUT2D eigenvalue weighted by molar-refractivity contribution is 0.141. The molecule has 0 spiro atoms. The fourth-order valence-electron chi connectivity index (χ4n) is 4.01. The van der Waals surface area contributed by atoms with E-state index >= 15 is 0 Å². The molecule has 36 heavy (non-hydrogen) atoms. The van der Waals surface area contributed by atoms with E-state index in [1.807, 2.05) is 26.0 Å². The molecule has 3 N–H and O–H groups in total. The lowest BCUT2D eigenvalue weighted by Gasteiger charge is -2.17. The average molecular weight is 512 g/mol. The number of amides is 2. The number of aliphatic hydroxyl groups excluding tert-OH is 1. The van der Waals surface area contributed by atoms with Crippen molar-refractivity contribution in [2.75, 3.05) is 11.9 Å². The third-order valence-corrected chi connectivity index (χ3v) is 7.08. The van der Waals surface area contributed by atoms with Crippen molar-refractivity contribution in [3.8, 4) is 17.0 Å². The number of pyridine rings is 1. The first-order chi connectivity index (χ1) is 17.2. The van der Waals surface area contributed by atoms with Crippen LogP contribution in [0.1, 0.15) is 37.4 Å². The summed E-state index contributed by atoms with van der Waals surface area (Å²) < 4.78 is 34.6. The zero-order chi connectivity index (χ0) is 25.9. The van der Waals surface area contributed by atoms with Crippen LogP contribution in [-0.4, -0.2) is 47.0 Å². The quantitative estimate of drug-likeness (QED) is 0.374. The highest BCUT2D eigenvalue weighted by molar-refractivity contribution is 7.90. The van der Waals surface area contributed by atoms with E-state index in [-0.39, 0.29) is 17.7 Å². The highest BCUT2D eigenvalue weighted by atomic mass is 32.2. The molecule has 1 aromatic carbocycles. The van der Waals surface area contributed by atoms with Gasteiger partial charge in [-0.1, -0.05) is 18.2 Å². The fraction of sp³-hybridized carbons (Fsp3) is 0.320. The van der Waals surface area contributed by atoms with Crippen LogP contribution in [0.25, 0.3) is 11.1 Å². The van der Waals surface area contributed by atoms with Gasteiger partial charge in [0.25, 0.3) is 10.0 Å². The number of rotatable bonds is 9. The molecule has 0 fully saturated rings. The number of hydrogen-bond donors (Lipinski definition) is 3. The van der Waals surface area contributed by atoms with Crippen molar-refractivity contribution in [2.24, 2.45) is 0 Å². The molecule has 1 aliphatic rings. The fourth-order valence-corrected chi connectivity index (χ4v) is 4.85. The molecule has 3 aromatic rings. The number of urea groups is 1. The summed E-state index contributed by atoms with van der Waals surface area (Å²) in [6.45, 7) is 7.27. The summed E-state index contributed by atoms with van der Waals surface area (Å²) in [5.41, 5.74) is 4.02.